The van der Waals surface area contributed by atoms with Crippen molar-refractivity contribution in [3.05, 3.63) is 41.2 Å². The first-order valence-corrected chi connectivity index (χ1v) is 8.78. The van der Waals surface area contributed by atoms with Gasteiger partial charge in [0.05, 0.1) is 26.4 Å². The van der Waals surface area contributed by atoms with E-state index in [9.17, 15) is 4.39 Å². The van der Waals surface area contributed by atoms with Crippen molar-refractivity contribution in [3.8, 4) is 5.75 Å². The zero-order chi connectivity index (χ0) is 18.1. The fourth-order valence-electron chi connectivity index (χ4n) is 2.66. The topological polar surface area (TPSA) is 54.9 Å². The number of hydrogen-bond acceptors (Lipinski definition) is 3. The van der Waals surface area contributed by atoms with Crippen LogP contribution in [0, 0.1) is 5.82 Å². The summed E-state index contributed by atoms with van der Waals surface area (Å²) in [5, 5.41) is 6.56. The Morgan fingerprint density at radius 2 is 2.23 bits per heavy atom. The maximum atomic E-state index is 13.9. The Labute approximate surface area is 172 Å². The fourth-order valence-corrected chi connectivity index (χ4v) is 2.66. The largest absolute Gasteiger partial charge is 0.494 e. The molecule has 1 aromatic rings. The van der Waals surface area contributed by atoms with E-state index in [4.69, 9.17) is 9.47 Å². The summed E-state index contributed by atoms with van der Waals surface area (Å²) >= 11 is 0. The molecule has 0 aliphatic carbocycles. The number of guanidine groups is 1. The minimum absolute atomic E-state index is 0. The first-order chi connectivity index (χ1) is 12.1. The molecule has 0 bridgehead atoms. The Kier molecular flexibility index (Phi) is 10.6. The van der Waals surface area contributed by atoms with Crippen molar-refractivity contribution < 1.29 is 13.9 Å². The van der Waals surface area contributed by atoms with Gasteiger partial charge in [-0.25, -0.2) is 4.39 Å². The van der Waals surface area contributed by atoms with Gasteiger partial charge in [0.15, 0.2) is 17.5 Å². The van der Waals surface area contributed by atoms with Gasteiger partial charge in [-0.05, 0) is 44.4 Å². The number of rotatable bonds is 7. The molecule has 5 nitrogen and oxygen atoms in total. The van der Waals surface area contributed by atoms with Crippen molar-refractivity contribution in [1.82, 2.24) is 10.6 Å². The molecule has 0 aromatic heterocycles. The third-order valence-corrected chi connectivity index (χ3v) is 4.13. The highest BCUT2D eigenvalue weighted by atomic mass is 127. The molecular weight excluding hydrogens is 448 g/mol. The second-order valence-corrected chi connectivity index (χ2v) is 5.96. The summed E-state index contributed by atoms with van der Waals surface area (Å²) in [6, 6.07) is 4.92. The van der Waals surface area contributed by atoms with E-state index in [1.54, 1.807) is 6.07 Å². The molecular formula is C19H29FIN3O2. The van der Waals surface area contributed by atoms with Gasteiger partial charge in [-0.15, -0.1) is 24.0 Å². The van der Waals surface area contributed by atoms with Crippen molar-refractivity contribution in [3.63, 3.8) is 0 Å². The molecule has 0 saturated carbocycles. The van der Waals surface area contributed by atoms with Crippen LogP contribution in [0.2, 0.25) is 0 Å². The summed E-state index contributed by atoms with van der Waals surface area (Å²) in [5.41, 5.74) is 2.24. The molecule has 0 fully saturated rings. The van der Waals surface area contributed by atoms with Gasteiger partial charge in [0.25, 0.3) is 0 Å². The summed E-state index contributed by atoms with van der Waals surface area (Å²) < 4.78 is 24.2. The molecule has 1 unspecified atom stereocenters. The molecule has 0 radical (unpaired) electrons. The zero-order valence-electron chi connectivity index (χ0n) is 15.7. The van der Waals surface area contributed by atoms with E-state index in [2.05, 4.69) is 21.7 Å². The SMILES string of the molecule is CCNC(=NCCC1=CCOCC1)NC(C)c1ccc(OC)c(F)c1.I. The van der Waals surface area contributed by atoms with Crippen LogP contribution in [0.15, 0.2) is 34.8 Å². The molecule has 0 spiro atoms. The maximum absolute atomic E-state index is 13.9. The lowest BCUT2D eigenvalue weighted by Gasteiger charge is -2.19. The third-order valence-electron chi connectivity index (χ3n) is 4.13. The van der Waals surface area contributed by atoms with Crippen LogP contribution in [-0.4, -0.2) is 39.4 Å². The van der Waals surface area contributed by atoms with Crippen molar-refractivity contribution in [2.24, 2.45) is 4.99 Å². The lowest BCUT2D eigenvalue weighted by molar-refractivity contribution is 0.153. The molecule has 2 rings (SSSR count). The van der Waals surface area contributed by atoms with E-state index >= 15 is 0 Å². The van der Waals surface area contributed by atoms with Gasteiger partial charge in [-0.1, -0.05) is 17.7 Å². The summed E-state index contributed by atoms with van der Waals surface area (Å²) in [5.74, 6) is 0.627. The van der Waals surface area contributed by atoms with Crippen LogP contribution in [0.4, 0.5) is 4.39 Å². The molecule has 7 heteroatoms. The molecule has 1 atom stereocenters. The zero-order valence-corrected chi connectivity index (χ0v) is 18.0. The Bertz CT molecular complexity index is 623. The molecule has 1 aromatic carbocycles. The van der Waals surface area contributed by atoms with Gasteiger partial charge in [0, 0.05) is 13.1 Å². The average molecular weight is 477 g/mol. The van der Waals surface area contributed by atoms with Crippen LogP contribution in [-0.2, 0) is 4.74 Å². The monoisotopic (exact) mass is 477 g/mol. The standard InChI is InChI=1S/C19H28FN3O2.HI/c1-4-21-19(22-10-7-15-8-11-25-12-9-15)23-14(2)16-5-6-18(24-3)17(20)13-16;/h5-6,8,13-14H,4,7,9-12H2,1-3H3,(H2,21,22,23);1H. The molecule has 1 heterocycles. The number of methoxy groups -OCH3 is 1. The van der Waals surface area contributed by atoms with Crippen LogP contribution < -0.4 is 15.4 Å². The summed E-state index contributed by atoms with van der Waals surface area (Å²) in [6.45, 7) is 6.99. The Morgan fingerprint density at radius 3 is 2.85 bits per heavy atom. The summed E-state index contributed by atoms with van der Waals surface area (Å²) in [7, 11) is 1.46. The van der Waals surface area contributed by atoms with Crippen LogP contribution >= 0.6 is 24.0 Å². The predicted molar refractivity (Wildman–Crippen MR) is 114 cm³/mol. The summed E-state index contributed by atoms with van der Waals surface area (Å²) in [4.78, 5) is 4.62. The highest BCUT2D eigenvalue weighted by Crippen LogP contribution is 2.21. The van der Waals surface area contributed by atoms with Crippen molar-refractivity contribution in [1.29, 1.82) is 0 Å². The molecule has 146 valence electrons. The van der Waals surface area contributed by atoms with E-state index < -0.39 is 0 Å². The maximum Gasteiger partial charge on any atom is 0.191 e. The predicted octanol–water partition coefficient (Wildman–Crippen LogP) is 3.81. The normalized spacial score (nSPS) is 15.5. The van der Waals surface area contributed by atoms with Crippen molar-refractivity contribution >= 4 is 29.9 Å². The minimum atomic E-state index is -0.359. The molecule has 26 heavy (non-hydrogen) atoms. The number of ether oxygens (including phenoxy) is 2. The first-order valence-electron chi connectivity index (χ1n) is 8.78. The van der Waals surface area contributed by atoms with E-state index in [-0.39, 0.29) is 41.6 Å². The second-order valence-electron chi connectivity index (χ2n) is 5.96. The van der Waals surface area contributed by atoms with Gasteiger partial charge in [0.1, 0.15) is 0 Å². The smallest absolute Gasteiger partial charge is 0.191 e. The number of hydrogen-bond donors (Lipinski definition) is 2. The lowest BCUT2D eigenvalue weighted by atomic mass is 10.1. The number of nitrogens with zero attached hydrogens (tertiary/aromatic N) is 1. The number of benzene rings is 1. The first kappa shape index (κ1) is 22.7. The van der Waals surface area contributed by atoms with Gasteiger partial charge >= 0.3 is 0 Å². The minimum Gasteiger partial charge on any atom is -0.494 e. The van der Waals surface area contributed by atoms with Gasteiger partial charge < -0.3 is 20.1 Å². The average Bonchev–Trinajstić information content (AvgIpc) is 2.62. The highest BCUT2D eigenvalue weighted by molar-refractivity contribution is 14.0. The van der Waals surface area contributed by atoms with Crippen molar-refractivity contribution in [2.45, 2.75) is 32.7 Å². The Morgan fingerprint density at radius 1 is 1.42 bits per heavy atom. The van der Waals surface area contributed by atoms with E-state index in [1.807, 2.05) is 19.9 Å². The quantitative estimate of drug-likeness (QED) is 0.272. The molecule has 0 amide bonds. The molecule has 0 saturated heterocycles. The van der Waals surface area contributed by atoms with Crippen LogP contribution in [0.3, 0.4) is 0 Å². The van der Waals surface area contributed by atoms with Crippen LogP contribution in [0.5, 0.6) is 5.75 Å². The molecule has 1 aliphatic rings. The molecule has 2 N–H and O–H groups in total. The highest BCUT2D eigenvalue weighted by Gasteiger charge is 2.11. The van der Waals surface area contributed by atoms with Gasteiger partial charge in [-0.3, -0.25) is 4.99 Å². The van der Waals surface area contributed by atoms with E-state index in [0.717, 1.165) is 37.5 Å². The molecule has 1 aliphatic heterocycles. The second kappa shape index (κ2) is 12.1. The number of nitrogens with one attached hydrogen (secondary N) is 2. The number of halogens is 2. The van der Waals surface area contributed by atoms with Crippen LogP contribution in [0.25, 0.3) is 0 Å². The van der Waals surface area contributed by atoms with Crippen molar-refractivity contribution in [2.75, 3.05) is 33.4 Å². The summed E-state index contributed by atoms with van der Waals surface area (Å²) in [6.07, 6.45) is 4.06. The van der Waals surface area contributed by atoms with E-state index in [1.165, 1.54) is 18.7 Å². The van der Waals surface area contributed by atoms with Crippen LogP contribution in [0.1, 0.15) is 38.3 Å². The van der Waals surface area contributed by atoms with Gasteiger partial charge in [-0.2, -0.15) is 0 Å². The number of aliphatic imine (C=N–C) groups is 1. The lowest BCUT2D eigenvalue weighted by Crippen LogP contribution is -2.38. The fraction of sp³-hybridized carbons (Fsp3) is 0.526. The Balaban J connectivity index is 0.00000338. The van der Waals surface area contributed by atoms with E-state index in [0.29, 0.717) is 13.2 Å². The van der Waals surface area contributed by atoms with Gasteiger partial charge in [0.2, 0.25) is 0 Å². The third kappa shape index (κ3) is 7.11. The Hall–Kier alpha value is -1.35.